The highest BCUT2D eigenvalue weighted by atomic mass is 79.9. The Bertz CT molecular complexity index is 408. The quantitative estimate of drug-likeness (QED) is 0.862. The summed E-state index contributed by atoms with van der Waals surface area (Å²) < 4.78 is 0.870. The molecule has 1 aromatic carbocycles. The molecular weight excluding hydrogens is 280 g/mol. The van der Waals surface area contributed by atoms with Crippen LogP contribution in [0.15, 0.2) is 28.7 Å². The second kappa shape index (κ2) is 5.65. The van der Waals surface area contributed by atoms with Gasteiger partial charge in [0.15, 0.2) is 0 Å². The maximum absolute atomic E-state index is 12.5. The average molecular weight is 297 g/mol. The average Bonchev–Trinajstić information content (AvgIpc) is 2.54. The fourth-order valence-corrected chi connectivity index (χ4v) is 2.56. The highest BCUT2D eigenvalue weighted by Gasteiger charge is 2.23. The molecule has 1 aliphatic rings. The third-order valence-electron chi connectivity index (χ3n) is 3.17. The van der Waals surface area contributed by atoms with E-state index >= 15 is 0 Å². The Kier molecular flexibility index (Phi) is 4.18. The third kappa shape index (κ3) is 2.87. The highest BCUT2D eigenvalue weighted by molar-refractivity contribution is 9.10. The predicted molar refractivity (Wildman–Crippen MR) is 72.1 cm³/mol. The Labute approximate surface area is 110 Å². The molecule has 0 aromatic heterocycles. The summed E-state index contributed by atoms with van der Waals surface area (Å²) >= 11 is 3.44. The number of benzene rings is 1. The summed E-state index contributed by atoms with van der Waals surface area (Å²) in [5, 5.41) is 3.32. The zero-order chi connectivity index (χ0) is 12.3. The number of rotatable bonds is 1. The molecule has 2 rings (SSSR count). The lowest BCUT2D eigenvalue weighted by atomic mass is 10.1. The van der Waals surface area contributed by atoms with Crippen molar-refractivity contribution in [2.75, 3.05) is 19.6 Å². The zero-order valence-corrected chi connectivity index (χ0v) is 11.5. The Hall–Kier alpha value is -0.870. The largest absolute Gasteiger partial charge is 0.335 e. The number of hydrogen-bond acceptors (Lipinski definition) is 2. The van der Waals surface area contributed by atoms with E-state index in [1.165, 1.54) is 0 Å². The maximum Gasteiger partial charge on any atom is 0.255 e. The molecule has 1 atom stereocenters. The van der Waals surface area contributed by atoms with Crippen LogP contribution in [0.4, 0.5) is 0 Å². The molecule has 0 radical (unpaired) electrons. The molecule has 4 heteroatoms. The Morgan fingerprint density at radius 2 is 2.18 bits per heavy atom. The second-order valence-corrected chi connectivity index (χ2v) is 5.22. The number of carbonyl (C=O) groups excluding carboxylic acids is 1. The van der Waals surface area contributed by atoms with Crippen LogP contribution in [0.25, 0.3) is 0 Å². The summed E-state index contributed by atoms with van der Waals surface area (Å²) in [6, 6.07) is 7.91. The van der Waals surface area contributed by atoms with Gasteiger partial charge >= 0.3 is 0 Å². The first kappa shape index (κ1) is 12.6. The second-order valence-electron chi connectivity index (χ2n) is 4.37. The van der Waals surface area contributed by atoms with Gasteiger partial charge in [0.25, 0.3) is 5.91 Å². The van der Waals surface area contributed by atoms with Crippen molar-refractivity contribution in [3.8, 4) is 0 Å². The van der Waals surface area contributed by atoms with Gasteiger partial charge in [0.05, 0.1) is 5.56 Å². The van der Waals surface area contributed by atoms with E-state index in [2.05, 4.69) is 28.2 Å². The van der Waals surface area contributed by atoms with Gasteiger partial charge in [-0.15, -0.1) is 0 Å². The lowest BCUT2D eigenvalue weighted by Gasteiger charge is -2.27. The van der Waals surface area contributed by atoms with Crippen LogP contribution < -0.4 is 5.32 Å². The standard InChI is InChI=1S/C13H17BrN2O/c1-10-6-7-15-8-9-16(10)13(17)11-4-2-3-5-12(11)14/h2-5,10,15H,6-9H2,1H3. The van der Waals surface area contributed by atoms with E-state index in [1.807, 2.05) is 29.2 Å². The SMILES string of the molecule is CC1CCNCCN1C(=O)c1ccccc1Br. The number of halogens is 1. The molecule has 1 aromatic rings. The van der Waals surface area contributed by atoms with E-state index in [0.29, 0.717) is 6.04 Å². The van der Waals surface area contributed by atoms with Crippen LogP contribution in [-0.4, -0.2) is 36.5 Å². The molecule has 1 N–H and O–H groups in total. The molecule has 3 nitrogen and oxygen atoms in total. The third-order valence-corrected chi connectivity index (χ3v) is 3.86. The number of nitrogens with one attached hydrogen (secondary N) is 1. The van der Waals surface area contributed by atoms with Gasteiger partial charge < -0.3 is 10.2 Å². The number of nitrogens with zero attached hydrogens (tertiary/aromatic N) is 1. The van der Waals surface area contributed by atoms with E-state index in [1.54, 1.807) is 0 Å². The van der Waals surface area contributed by atoms with Gasteiger partial charge in [-0.25, -0.2) is 0 Å². The molecule has 0 spiro atoms. The predicted octanol–water partition coefficient (Wildman–Crippen LogP) is 2.27. The number of amides is 1. The lowest BCUT2D eigenvalue weighted by Crippen LogP contribution is -2.39. The zero-order valence-electron chi connectivity index (χ0n) is 9.95. The molecule has 92 valence electrons. The van der Waals surface area contributed by atoms with Crippen molar-refractivity contribution in [1.29, 1.82) is 0 Å². The normalized spacial score (nSPS) is 21.1. The smallest absolute Gasteiger partial charge is 0.255 e. The first-order chi connectivity index (χ1) is 8.20. The Balaban J connectivity index is 2.21. The molecule has 1 heterocycles. The van der Waals surface area contributed by atoms with Gasteiger partial charge in [0, 0.05) is 23.6 Å². The molecule has 1 unspecified atom stereocenters. The first-order valence-electron chi connectivity index (χ1n) is 5.96. The van der Waals surface area contributed by atoms with Crippen molar-refractivity contribution in [3.05, 3.63) is 34.3 Å². The van der Waals surface area contributed by atoms with E-state index in [0.717, 1.165) is 36.1 Å². The van der Waals surface area contributed by atoms with Crippen LogP contribution in [0, 0.1) is 0 Å². The minimum atomic E-state index is 0.119. The van der Waals surface area contributed by atoms with Crippen LogP contribution in [-0.2, 0) is 0 Å². The summed E-state index contributed by atoms with van der Waals surface area (Å²) in [6.45, 7) is 4.75. The van der Waals surface area contributed by atoms with Crippen LogP contribution in [0.5, 0.6) is 0 Å². The van der Waals surface area contributed by atoms with Crippen LogP contribution >= 0.6 is 15.9 Å². The van der Waals surface area contributed by atoms with Gasteiger partial charge in [-0.05, 0) is 48.0 Å². The van der Waals surface area contributed by atoms with Crippen LogP contribution in [0.3, 0.4) is 0 Å². The van der Waals surface area contributed by atoms with Gasteiger partial charge in [-0.1, -0.05) is 12.1 Å². The molecule has 1 aliphatic heterocycles. The van der Waals surface area contributed by atoms with Crippen molar-refractivity contribution < 1.29 is 4.79 Å². The van der Waals surface area contributed by atoms with Gasteiger partial charge in [-0.2, -0.15) is 0 Å². The van der Waals surface area contributed by atoms with Crippen molar-refractivity contribution in [2.45, 2.75) is 19.4 Å². The van der Waals surface area contributed by atoms with Gasteiger partial charge in [0.1, 0.15) is 0 Å². The van der Waals surface area contributed by atoms with Gasteiger partial charge in [-0.3, -0.25) is 4.79 Å². The van der Waals surface area contributed by atoms with Crippen LogP contribution in [0.1, 0.15) is 23.7 Å². The van der Waals surface area contributed by atoms with E-state index < -0.39 is 0 Å². The van der Waals surface area contributed by atoms with Crippen molar-refractivity contribution in [3.63, 3.8) is 0 Å². The Morgan fingerprint density at radius 3 is 2.94 bits per heavy atom. The molecule has 0 aliphatic carbocycles. The molecule has 1 saturated heterocycles. The molecular formula is C13H17BrN2O. The molecule has 1 amide bonds. The number of carbonyl (C=O) groups is 1. The fourth-order valence-electron chi connectivity index (χ4n) is 2.10. The Morgan fingerprint density at radius 1 is 1.41 bits per heavy atom. The minimum Gasteiger partial charge on any atom is -0.335 e. The summed E-state index contributed by atoms with van der Waals surface area (Å²) in [6.07, 6.45) is 1.01. The summed E-state index contributed by atoms with van der Waals surface area (Å²) in [7, 11) is 0. The maximum atomic E-state index is 12.5. The number of hydrogen-bond donors (Lipinski definition) is 1. The van der Waals surface area contributed by atoms with Crippen molar-refractivity contribution in [2.24, 2.45) is 0 Å². The summed E-state index contributed by atoms with van der Waals surface area (Å²) in [5.41, 5.74) is 0.751. The van der Waals surface area contributed by atoms with E-state index in [4.69, 9.17) is 0 Å². The van der Waals surface area contributed by atoms with E-state index in [9.17, 15) is 4.79 Å². The lowest BCUT2D eigenvalue weighted by molar-refractivity contribution is 0.0704. The fraction of sp³-hybridized carbons (Fsp3) is 0.462. The minimum absolute atomic E-state index is 0.119. The molecule has 17 heavy (non-hydrogen) atoms. The molecule has 0 saturated carbocycles. The summed E-state index contributed by atoms with van der Waals surface area (Å²) in [5.74, 6) is 0.119. The van der Waals surface area contributed by atoms with Crippen LogP contribution in [0.2, 0.25) is 0 Å². The summed E-state index contributed by atoms with van der Waals surface area (Å²) in [4.78, 5) is 14.4. The van der Waals surface area contributed by atoms with E-state index in [-0.39, 0.29) is 5.91 Å². The highest BCUT2D eigenvalue weighted by Crippen LogP contribution is 2.20. The first-order valence-corrected chi connectivity index (χ1v) is 6.75. The monoisotopic (exact) mass is 296 g/mol. The van der Waals surface area contributed by atoms with Gasteiger partial charge in [0.2, 0.25) is 0 Å². The van der Waals surface area contributed by atoms with Crippen molar-refractivity contribution in [1.82, 2.24) is 10.2 Å². The topological polar surface area (TPSA) is 32.3 Å². The molecule has 0 bridgehead atoms. The molecule has 1 fully saturated rings. The van der Waals surface area contributed by atoms with Crippen molar-refractivity contribution >= 4 is 21.8 Å².